The van der Waals surface area contributed by atoms with Crippen LogP contribution in [0.1, 0.15) is 42.4 Å². The fraction of sp³-hybridized carbons (Fsp3) is 0.463. The van der Waals surface area contributed by atoms with E-state index in [0.717, 1.165) is 41.3 Å². The number of carbonyl (C=O) groups excluding carboxylic acids is 4. The number of nitrogens with zero attached hydrogens (tertiary/aromatic N) is 3. The minimum atomic E-state index is -0.859. The molecule has 0 saturated carbocycles. The lowest BCUT2D eigenvalue weighted by Gasteiger charge is -2.37. The zero-order chi connectivity index (χ0) is 40.7. The van der Waals surface area contributed by atoms with E-state index in [-0.39, 0.29) is 49.4 Å². The number of nitrogens with one attached hydrogen (secondary N) is 3. The summed E-state index contributed by atoms with van der Waals surface area (Å²) in [5, 5.41) is 9.07. The number of imide groups is 2. The Bertz CT molecular complexity index is 1900. The van der Waals surface area contributed by atoms with Gasteiger partial charge in [-0.15, -0.1) is 12.4 Å². The second-order valence-electron chi connectivity index (χ2n) is 14.5. The van der Waals surface area contributed by atoms with Gasteiger partial charge in [-0.3, -0.25) is 24.3 Å². The molecule has 4 saturated heterocycles. The van der Waals surface area contributed by atoms with E-state index >= 15 is 0 Å². The van der Waals surface area contributed by atoms with Gasteiger partial charge in [0.2, 0.25) is 0 Å². The SMILES string of the molecule is COc1cc(CN2C(=O)NC3(CCNCC3)C2=O)cc(OC)c1.COc1cc(CN2CCC3(CC2)NC(=O)N(Cc2cc(OC)cc(OC)c2)C3=O)cc(OC)c1.Cl. The van der Waals surface area contributed by atoms with Crippen molar-refractivity contribution in [2.45, 2.75) is 56.4 Å². The van der Waals surface area contributed by atoms with Crippen molar-refractivity contribution in [1.82, 2.24) is 30.7 Å². The lowest BCUT2D eigenvalue weighted by atomic mass is 9.87. The highest BCUT2D eigenvalue weighted by Crippen LogP contribution is 2.34. The molecule has 0 aliphatic carbocycles. The van der Waals surface area contributed by atoms with Gasteiger partial charge in [-0.1, -0.05) is 0 Å². The van der Waals surface area contributed by atoms with Gasteiger partial charge in [-0.25, -0.2) is 9.59 Å². The van der Waals surface area contributed by atoms with Crippen molar-refractivity contribution in [3.05, 3.63) is 71.3 Å². The summed E-state index contributed by atoms with van der Waals surface area (Å²) in [6.07, 6.45) is 2.35. The Balaban J connectivity index is 0.000000233. The maximum atomic E-state index is 13.4. The topological polar surface area (TPSA) is 169 Å². The van der Waals surface area contributed by atoms with Crippen LogP contribution in [0.3, 0.4) is 0 Å². The number of halogens is 1. The highest BCUT2D eigenvalue weighted by Gasteiger charge is 2.53. The van der Waals surface area contributed by atoms with Crippen molar-refractivity contribution >= 4 is 36.3 Å². The number of benzene rings is 3. The first-order chi connectivity index (χ1) is 27.5. The zero-order valence-electron chi connectivity index (χ0n) is 33.8. The van der Waals surface area contributed by atoms with E-state index in [1.807, 2.05) is 18.2 Å². The first-order valence-corrected chi connectivity index (χ1v) is 18.8. The second kappa shape index (κ2) is 18.9. The number of hydrogen-bond acceptors (Lipinski definition) is 12. The number of carbonyl (C=O) groups is 4. The predicted molar refractivity (Wildman–Crippen MR) is 216 cm³/mol. The molecule has 16 nitrogen and oxygen atoms in total. The molecule has 4 aliphatic heterocycles. The third-order valence-electron chi connectivity index (χ3n) is 11.0. The van der Waals surface area contributed by atoms with E-state index in [1.54, 1.807) is 79.1 Å². The molecule has 314 valence electrons. The van der Waals surface area contributed by atoms with E-state index in [9.17, 15) is 19.2 Å². The molecule has 0 unspecified atom stereocenters. The van der Waals surface area contributed by atoms with Crippen molar-refractivity contribution < 1.29 is 47.6 Å². The third kappa shape index (κ3) is 9.46. The number of hydrogen-bond donors (Lipinski definition) is 3. The van der Waals surface area contributed by atoms with Crippen LogP contribution in [-0.4, -0.2) is 118 Å². The molecule has 4 heterocycles. The molecule has 7 rings (SSSR count). The molecule has 0 atom stereocenters. The maximum absolute atomic E-state index is 13.4. The van der Waals surface area contributed by atoms with Gasteiger partial charge in [0.25, 0.3) is 11.8 Å². The largest absolute Gasteiger partial charge is 0.497 e. The summed E-state index contributed by atoms with van der Waals surface area (Å²) < 4.78 is 31.8. The van der Waals surface area contributed by atoms with E-state index in [2.05, 4.69) is 20.9 Å². The minimum Gasteiger partial charge on any atom is -0.497 e. The summed E-state index contributed by atoms with van der Waals surface area (Å²) in [6, 6.07) is 15.8. The van der Waals surface area contributed by atoms with Crippen molar-refractivity contribution in [2.24, 2.45) is 0 Å². The van der Waals surface area contributed by atoms with E-state index < -0.39 is 11.1 Å². The van der Waals surface area contributed by atoms with Crippen molar-refractivity contribution in [2.75, 3.05) is 68.8 Å². The summed E-state index contributed by atoms with van der Waals surface area (Å²) >= 11 is 0. The monoisotopic (exact) mass is 824 g/mol. The quantitative estimate of drug-likeness (QED) is 0.224. The predicted octanol–water partition coefficient (Wildman–Crippen LogP) is 4.11. The fourth-order valence-corrected chi connectivity index (χ4v) is 7.76. The molecule has 3 aromatic rings. The first-order valence-electron chi connectivity index (χ1n) is 18.8. The second-order valence-corrected chi connectivity index (χ2v) is 14.5. The van der Waals surface area contributed by atoms with Crippen molar-refractivity contribution in [3.63, 3.8) is 0 Å². The number of likely N-dealkylation sites (tertiary alicyclic amines) is 1. The Labute approximate surface area is 344 Å². The minimum absolute atomic E-state index is 0. The molecule has 4 fully saturated rings. The van der Waals surface area contributed by atoms with Crippen LogP contribution in [0.15, 0.2) is 54.6 Å². The van der Waals surface area contributed by atoms with Crippen LogP contribution in [0.25, 0.3) is 0 Å². The van der Waals surface area contributed by atoms with Crippen LogP contribution in [0.5, 0.6) is 34.5 Å². The van der Waals surface area contributed by atoms with Crippen LogP contribution in [0.2, 0.25) is 0 Å². The van der Waals surface area contributed by atoms with Crippen LogP contribution in [0, 0.1) is 0 Å². The van der Waals surface area contributed by atoms with Gasteiger partial charge in [-0.2, -0.15) is 0 Å². The number of amides is 6. The van der Waals surface area contributed by atoms with E-state index in [0.29, 0.717) is 68.3 Å². The summed E-state index contributed by atoms with van der Waals surface area (Å²) in [6.45, 7) is 3.90. The Morgan fingerprint density at radius 2 is 0.793 bits per heavy atom. The Hall–Kier alpha value is -5.45. The van der Waals surface area contributed by atoms with Crippen LogP contribution < -0.4 is 44.4 Å². The Kier molecular flexibility index (Phi) is 14.2. The maximum Gasteiger partial charge on any atom is 0.325 e. The number of methoxy groups -OCH3 is 6. The standard InChI is InChI=1S/C25H31N3O6.C16H21N3O4.ClH/c1-31-19-9-17(10-20(13-19)32-2)15-27-7-5-25(6-8-27)23(29)28(24(30)26-25)16-18-11-21(33-3)14-22(12-18)34-4;1-22-12-7-11(8-13(9-12)23-2)10-19-14(20)16(18-15(19)21)3-5-17-6-4-16;/h9-14H,5-8,15-16H2,1-4H3,(H,26,30);7-9,17H,3-6,10H2,1-2H3,(H,18,21);1H. The first kappa shape index (κ1) is 43.7. The summed E-state index contributed by atoms with van der Waals surface area (Å²) in [4.78, 5) is 56.0. The van der Waals surface area contributed by atoms with Gasteiger partial charge in [0.05, 0.1) is 55.7 Å². The normalized spacial score (nSPS) is 18.2. The third-order valence-corrected chi connectivity index (χ3v) is 11.0. The lowest BCUT2D eigenvalue weighted by molar-refractivity contribution is -0.133. The number of rotatable bonds is 12. The van der Waals surface area contributed by atoms with Gasteiger partial charge < -0.3 is 44.4 Å². The molecular weight excluding hydrogens is 772 g/mol. The molecule has 17 heteroatoms. The van der Waals surface area contributed by atoms with Gasteiger partial charge in [-0.05, 0) is 91.9 Å². The molecular formula is C41H53ClN6O10. The zero-order valence-corrected chi connectivity index (χ0v) is 34.6. The van der Waals surface area contributed by atoms with E-state index in [4.69, 9.17) is 28.4 Å². The smallest absolute Gasteiger partial charge is 0.325 e. The molecule has 0 bridgehead atoms. The van der Waals surface area contributed by atoms with Crippen LogP contribution in [0.4, 0.5) is 9.59 Å². The number of urea groups is 2. The van der Waals surface area contributed by atoms with Crippen LogP contribution >= 0.6 is 12.4 Å². The Morgan fingerprint density at radius 3 is 1.12 bits per heavy atom. The average Bonchev–Trinajstić information content (AvgIpc) is 3.59. The van der Waals surface area contributed by atoms with Gasteiger partial charge >= 0.3 is 12.1 Å². The molecule has 4 aliphatic rings. The van der Waals surface area contributed by atoms with Gasteiger partial charge in [0.15, 0.2) is 0 Å². The fourth-order valence-electron chi connectivity index (χ4n) is 7.76. The van der Waals surface area contributed by atoms with Gasteiger partial charge in [0.1, 0.15) is 45.6 Å². The summed E-state index contributed by atoms with van der Waals surface area (Å²) in [5.41, 5.74) is 1.02. The molecule has 2 spiro atoms. The number of ether oxygens (including phenoxy) is 6. The van der Waals surface area contributed by atoms with Crippen molar-refractivity contribution in [3.8, 4) is 34.5 Å². The van der Waals surface area contributed by atoms with Crippen LogP contribution in [-0.2, 0) is 29.2 Å². The average molecular weight is 825 g/mol. The van der Waals surface area contributed by atoms with Crippen molar-refractivity contribution in [1.29, 1.82) is 0 Å². The Morgan fingerprint density at radius 1 is 0.483 bits per heavy atom. The molecule has 6 amide bonds. The lowest BCUT2D eigenvalue weighted by Crippen LogP contribution is -2.54. The number of piperidine rings is 2. The summed E-state index contributed by atoms with van der Waals surface area (Å²) in [7, 11) is 9.52. The summed E-state index contributed by atoms with van der Waals surface area (Å²) in [5.74, 6) is 3.63. The molecule has 0 radical (unpaired) electrons. The molecule has 0 aromatic heterocycles. The highest BCUT2D eigenvalue weighted by molar-refractivity contribution is 6.07. The van der Waals surface area contributed by atoms with E-state index in [1.165, 1.54) is 9.80 Å². The van der Waals surface area contributed by atoms with Gasteiger partial charge in [0, 0.05) is 37.8 Å². The molecule has 58 heavy (non-hydrogen) atoms. The molecule has 3 aromatic carbocycles. The molecule has 3 N–H and O–H groups in total. The highest BCUT2D eigenvalue weighted by atomic mass is 35.5.